The third kappa shape index (κ3) is 2.39. The minimum Gasteiger partial charge on any atom is -0.160 e. The second-order valence-electron chi connectivity index (χ2n) is 3.33. The molecule has 0 aromatic heterocycles. The summed E-state index contributed by atoms with van der Waals surface area (Å²) in [5, 5.41) is 0. The molecule has 0 N–H and O–H groups in total. The number of hydrogen-bond acceptors (Lipinski definition) is 2. The van der Waals surface area contributed by atoms with Crippen molar-refractivity contribution in [3.8, 4) is 11.1 Å². The molecule has 0 aliphatic carbocycles. The fourth-order valence-electron chi connectivity index (χ4n) is 1.60. The van der Waals surface area contributed by atoms with Gasteiger partial charge in [0.2, 0.25) is 0 Å². The van der Waals surface area contributed by atoms with Gasteiger partial charge in [0, 0.05) is 0 Å². The maximum Gasteiger partial charge on any atom is 0.0697 e. The standard InChI is InChI=1S/C13H12S2/c14-13(15)12-9-5-4-8-11(12)10-6-2-1-3-7-10/h1-9,13-15H. The van der Waals surface area contributed by atoms with Crippen LogP contribution < -0.4 is 0 Å². The van der Waals surface area contributed by atoms with Crippen molar-refractivity contribution in [1.82, 2.24) is 0 Å². The first-order chi connectivity index (χ1) is 7.29. The van der Waals surface area contributed by atoms with Gasteiger partial charge in [0.15, 0.2) is 0 Å². The van der Waals surface area contributed by atoms with E-state index in [1.54, 1.807) is 0 Å². The summed E-state index contributed by atoms with van der Waals surface area (Å²) in [5.74, 6) is 0. The Labute approximate surface area is 101 Å². The van der Waals surface area contributed by atoms with Gasteiger partial charge in [-0.3, -0.25) is 0 Å². The Balaban J connectivity index is 2.53. The molecule has 0 unspecified atom stereocenters. The van der Waals surface area contributed by atoms with E-state index in [4.69, 9.17) is 0 Å². The van der Waals surface area contributed by atoms with Crippen molar-refractivity contribution in [1.29, 1.82) is 0 Å². The smallest absolute Gasteiger partial charge is 0.0697 e. The summed E-state index contributed by atoms with van der Waals surface area (Å²) in [5.41, 5.74) is 3.56. The van der Waals surface area contributed by atoms with Crippen LogP contribution in [0.25, 0.3) is 11.1 Å². The zero-order valence-corrected chi connectivity index (χ0v) is 9.96. The van der Waals surface area contributed by atoms with Crippen LogP contribution in [0, 0.1) is 0 Å². The second-order valence-corrected chi connectivity index (χ2v) is 4.77. The Morgan fingerprint density at radius 3 is 2.00 bits per heavy atom. The third-order valence-corrected chi connectivity index (χ3v) is 2.88. The molecule has 0 aliphatic heterocycles. The first-order valence-electron chi connectivity index (χ1n) is 4.79. The maximum absolute atomic E-state index is 4.37. The number of rotatable bonds is 2. The molecule has 76 valence electrons. The maximum atomic E-state index is 4.37. The van der Waals surface area contributed by atoms with E-state index in [0.717, 1.165) is 5.56 Å². The molecule has 0 nitrogen and oxygen atoms in total. The molecule has 0 saturated heterocycles. The average Bonchev–Trinajstić information content (AvgIpc) is 2.30. The predicted octanol–water partition coefficient (Wildman–Crippen LogP) is 4.21. The lowest BCUT2D eigenvalue weighted by Gasteiger charge is -2.11. The summed E-state index contributed by atoms with van der Waals surface area (Å²) in [6.45, 7) is 0. The lowest BCUT2D eigenvalue weighted by Crippen LogP contribution is -1.87. The highest BCUT2D eigenvalue weighted by molar-refractivity contribution is 7.98. The van der Waals surface area contributed by atoms with Gasteiger partial charge >= 0.3 is 0 Å². The van der Waals surface area contributed by atoms with Gasteiger partial charge in [0.25, 0.3) is 0 Å². The number of benzene rings is 2. The van der Waals surface area contributed by atoms with E-state index in [1.807, 2.05) is 30.3 Å². The summed E-state index contributed by atoms with van der Waals surface area (Å²) in [7, 11) is 0. The quantitative estimate of drug-likeness (QED) is 0.562. The predicted molar refractivity (Wildman–Crippen MR) is 72.6 cm³/mol. The van der Waals surface area contributed by atoms with Gasteiger partial charge in [0.1, 0.15) is 0 Å². The lowest BCUT2D eigenvalue weighted by molar-refractivity contribution is 1.40. The summed E-state index contributed by atoms with van der Waals surface area (Å²) >= 11 is 8.74. The molecule has 0 heterocycles. The minimum atomic E-state index is -0.0404. The van der Waals surface area contributed by atoms with Crippen LogP contribution >= 0.6 is 25.3 Å². The lowest BCUT2D eigenvalue weighted by atomic mass is 10.0. The van der Waals surface area contributed by atoms with Crippen molar-refractivity contribution < 1.29 is 0 Å². The summed E-state index contributed by atoms with van der Waals surface area (Å²) in [6, 6.07) is 18.5. The molecular weight excluding hydrogens is 220 g/mol. The van der Waals surface area contributed by atoms with E-state index in [9.17, 15) is 0 Å². The van der Waals surface area contributed by atoms with Gasteiger partial charge < -0.3 is 0 Å². The van der Waals surface area contributed by atoms with Gasteiger partial charge in [0.05, 0.1) is 4.58 Å². The molecule has 0 radical (unpaired) electrons. The van der Waals surface area contributed by atoms with Crippen molar-refractivity contribution in [3.05, 3.63) is 60.2 Å². The molecule has 2 heteroatoms. The summed E-state index contributed by atoms with van der Waals surface area (Å²) in [4.78, 5) is 0. The van der Waals surface area contributed by atoms with Crippen LogP contribution in [-0.4, -0.2) is 0 Å². The van der Waals surface area contributed by atoms with Crippen molar-refractivity contribution in [2.75, 3.05) is 0 Å². The van der Waals surface area contributed by atoms with E-state index in [-0.39, 0.29) is 4.58 Å². The number of thiol groups is 2. The van der Waals surface area contributed by atoms with Crippen LogP contribution in [0.1, 0.15) is 10.1 Å². The Morgan fingerprint density at radius 2 is 1.33 bits per heavy atom. The molecule has 2 aromatic carbocycles. The molecular formula is C13H12S2. The zero-order valence-electron chi connectivity index (χ0n) is 8.17. The van der Waals surface area contributed by atoms with E-state index in [0.29, 0.717) is 0 Å². The van der Waals surface area contributed by atoms with Crippen molar-refractivity contribution in [2.24, 2.45) is 0 Å². The normalized spacial score (nSPS) is 10.6. The Kier molecular flexibility index (Phi) is 3.39. The molecule has 0 bridgehead atoms. The van der Waals surface area contributed by atoms with Gasteiger partial charge in [-0.05, 0) is 16.7 Å². The van der Waals surface area contributed by atoms with Crippen LogP contribution in [-0.2, 0) is 0 Å². The van der Waals surface area contributed by atoms with E-state index >= 15 is 0 Å². The fraction of sp³-hybridized carbons (Fsp3) is 0.0769. The van der Waals surface area contributed by atoms with E-state index < -0.39 is 0 Å². The van der Waals surface area contributed by atoms with Crippen LogP contribution in [0.15, 0.2) is 54.6 Å². The number of hydrogen-bond donors (Lipinski definition) is 2. The Hall–Kier alpha value is -0.860. The van der Waals surface area contributed by atoms with Crippen molar-refractivity contribution >= 4 is 25.3 Å². The minimum absolute atomic E-state index is 0.0404. The molecule has 0 amide bonds. The highest BCUT2D eigenvalue weighted by Gasteiger charge is 2.07. The van der Waals surface area contributed by atoms with Crippen molar-refractivity contribution in [3.63, 3.8) is 0 Å². The molecule has 0 saturated carbocycles. The Bertz CT molecular complexity index is 435. The zero-order chi connectivity index (χ0) is 10.7. The fourth-order valence-corrected chi connectivity index (χ4v) is 2.05. The van der Waals surface area contributed by atoms with Gasteiger partial charge in [-0.25, -0.2) is 0 Å². The van der Waals surface area contributed by atoms with Gasteiger partial charge in [-0.15, -0.1) is 0 Å². The highest BCUT2D eigenvalue weighted by atomic mass is 32.2. The SMILES string of the molecule is SC(S)c1ccccc1-c1ccccc1. The highest BCUT2D eigenvalue weighted by Crippen LogP contribution is 2.32. The van der Waals surface area contributed by atoms with Crippen molar-refractivity contribution in [2.45, 2.75) is 4.58 Å². The second kappa shape index (κ2) is 4.77. The largest absolute Gasteiger partial charge is 0.160 e. The molecule has 0 aliphatic rings. The van der Waals surface area contributed by atoms with Crippen LogP contribution in [0.5, 0.6) is 0 Å². The van der Waals surface area contributed by atoms with Gasteiger partial charge in [-0.1, -0.05) is 54.6 Å². The van der Waals surface area contributed by atoms with E-state index in [1.165, 1.54) is 11.1 Å². The molecule has 0 fully saturated rings. The molecule has 0 spiro atoms. The average molecular weight is 232 g/mol. The molecule has 0 atom stereocenters. The summed E-state index contributed by atoms with van der Waals surface area (Å²) in [6.07, 6.45) is 0. The van der Waals surface area contributed by atoms with Crippen LogP contribution in [0.2, 0.25) is 0 Å². The monoisotopic (exact) mass is 232 g/mol. The summed E-state index contributed by atoms with van der Waals surface area (Å²) < 4.78 is -0.0404. The van der Waals surface area contributed by atoms with Gasteiger partial charge in [-0.2, -0.15) is 25.3 Å². The van der Waals surface area contributed by atoms with E-state index in [2.05, 4.69) is 49.5 Å². The first-order valence-corrected chi connectivity index (χ1v) is 5.83. The van der Waals surface area contributed by atoms with Crippen LogP contribution in [0.3, 0.4) is 0 Å². The first kappa shape index (κ1) is 10.7. The molecule has 2 rings (SSSR count). The topological polar surface area (TPSA) is 0 Å². The van der Waals surface area contributed by atoms with Crippen LogP contribution in [0.4, 0.5) is 0 Å². The molecule has 15 heavy (non-hydrogen) atoms. The third-order valence-electron chi connectivity index (χ3n) is 2.32. The Morgan fingerprint density at radius 1 is 0.733 bits per heavy atom. The molecule has 2 aromatic rings.